The van der Waals surface area contributed by atoms with Gasteiger partial charge in [0.1, 0.15) is 0 Å². The highest BCUT2D eigenvalue weighted by Crippen LogP contribution is 2.45. The van der Waals surface area contributed by atoms with Crippen molar-refractivity contribution in [2.75, 3.05) is 0 Å². The monoisotopic (exact) mass is 530 g/mol. The first kappa shape index (κ1) is 23.3. The summed E-state index contributed by atoms with van der Waals surface area (Å²) in [6.45, 7) is 0. The molecule has 0 unspecified atom stereocenters. The van der Waals surface area contributed by atoms with Crippen LogP contribution < -0.4 is 0 Å². The van der Waals surface area contributed by atoms with Gasteiger partial charge in [0.15, 0.2) is 0 Å². The number of rotatable bonds is 2. The minimum Gasteiger partial charge on any atom is -0.0616 e. The highest BCUT2D eigenvalue weighted by atomic mass is 14.2. The Morgan fingerprint density at radius 2 is 0.595 bits per heavy atom. The predicted molar refractivity (Wildman–Crippen MR) is 182 cm³/mol. The largest absolute Gasteiger partial charge is 0.0616 e. The van der Waals surface area contributed by atoms with Crippen LogP contribution in [0.25, 0.3) is 86.9 Å². The molecule has 0 radical (unpaired) electrons. The van der Waals surface area contributed by atoms with E-state index in [1.54, 1.807) is 0 Å². The molecular formula is C42H26. The van der Waals surface area contributed by atoms with Crippen LogP contribution in [0.2, 0.25) is 0 Å². The summed E-state index contributed by atoms with van der Waals surface area (Å²) in [5, 5.41) is 15.6. The van der Waals surface area contributed by atoms with Crippen LogP contribution in [-0.4, -0.2) is 0 Å². The van der Waals surface area contributed by atoms with E-state index in [2.05, 4.69) is 158 Å². The van der Waals surface area contributed by atoms with E-state index in [9.17, 15) is 0 Å². The molecular weight excluding hydrogens is 504 g/mol. The van der Waals surface area contributed by atoms with Gasteiger partial charge < -0.3 is 0 Å². The molecule has 9 aromatic carbocycles. The smallest absolute Gasteiger partial charge is 0.00199 e. The lowest BCUT2D eigenvalue weighted by Crippen LogP contribution is -1.91. The third kappa shape index (κ3) is 3.30. The summed E-state index contributed by atoms with van der Waals surface area (Å²) >= 11 is 0. The standard InChI is InChI=1S/C42H26/c1-2-14-28-27(12-1)13-11-23-29(28)36-24-25-37(31-16-4-3-15-30(31)36)40-26-41-34-19-6-5-17-32(34)33-18-7-9-21-38(33)42(41)39-22-10-8-20-35(39)40/h1-26H. The van der Waals surface area contributed by atoms with Gasteiger partial charge in [-0.25, -0.2) is 0 Å². The molecule has 0 atom stereocenters. The zero-order valence-corrected chi connectivity index (χ0v) is 23.0. The molecule has 0 aliphatic carbocycles. The second-order valence-corrected chi connectivity index (χ2v) is 11.2. The molecule has 0 spiro atoms. The molecule has 0 amide bonds. The van der Waals surface area contributed by atoms with Gasteiger partial charge in [-0.05, 0) is 93.0 Å². The molecule has 0 bridgehead atoms. The molecule has 194 valence electrons. The molecule has 9 aromatic rings. The van der Waals surface area contributed by atoms with E-state index in [-0.39, 0.29) is 0 Å². The average molecular weight is 531 g/mol. The fourth-order valence-corrected chi connectivity index (χ4v) is 7.22. The molecule has 0 aliphatic rings. The van der Waals surface area contributed by atoms with E-state index in [4.69, 9.17) is 0 Å². The van der Waals surface area contributed by atoms with Crippen molar-refractivity contribution in [1.29, 1.82) is 0 Å². The Morgan fingerprint density at radius 1 is 0.214 bits per heavy atom. The Bertz CT molecular complexity index is 2510. The summed E-state index contributed by atoms with van der Waals surface area (Å²) in [5.41, 5.74) is 5.09. The van der Waals surface area contributed by atoms with Crippen LogP contribution in [0, 0.1) is 0 Å². The van der Waals surface area contributed by atoms with Crippen molar-refractivity contribution in [2.24, 2.45) is 0 Å². The minimum atomic E-state index is 1.27. The summed E-state index contributed by atoms with van der Waals surface area (Å²) < 4.78 is 0. The molecule has 0 aliphatic heterocycles. The zero-order chi connectivity index (χ0) is 27.6. The first-order chi connectivity index (χ1) is 20.9. The van der Waals surface area contributed by atoms with Crippen molar-refractivity contribution in [1.82, 2.24) is 0 Å². The van der Waals surface area contributed by atoms with Crippen LogP contribution in [0.15, 0.2) is 158 Å². The number of hydrogen-bond acceptors (Lipinski definition) is 0. The summed E-state index contributed by atoms with van der Waals surface area (Å²) in [6, 6.07) is 58.0. The quantitative estimate of drug-likeness (QED) is 0.195. The fourth-order valence-electron chi connectivity index (χ4n) is 7.22. The van der Waals surface area contributed by atoms with Crippen LogP contribution in [0.1, 0.15) is 0 Å². The maximum Gasteiger partial charge on any atom is -0.00199 e. The number of fused-ring (bicyclic) bond motifs is 10. The molecule has 42 heavy (non-hydrogen) atoms. The van der Waals surface area contributed by atoms with Gasteiger partial charge in [0.25, 0.3) is 0 Å². The van der Waals surface area contributed by atoms with Gasteiger partial charge in [0, 0.05) is 0 Å². The van der Waals surface area contributed by atoms with Gasteiger partial charge in [-0.2, -0.15) is 0 Å². The lowest BCUT2D eigenvalue weighted by molar-refractivity contribution is 1.67. The summed E-state index contributed by atoms with van der Waals surface area (Å²) in [6.07, 6.45) is 0. The lowest BCUT2D eigenvalue weighted by Gasteiger charge is -2.18. The number of benzene rings is 9. The van der Waals surface area contributed by atoms with Crippen LogP contribution in [0.3, 0.4) is 0 Å². The molecule has 0 nitrogen and oxygen atoms in total. The van der Waals surface area contributed by atoms with Gasteiger partial charge in [0.2, 0.25) is 0 Å². The Hall–Kier alpha value is -5.46. The van der Waals surface area contributed by atoms with Gasteiger partial charge in [-0.1, -0.05) is 152 Å². The Kier molecular flexibility index (Phi) is 5.00. The van der Waals surface area contributed by atoms with Crippen LogP contribution in [0.5, 0.6) is 0 Å². The van der Waals surface area contributed by atoms with Crippen molar-refractivity contribution >= 4 is 64.6 Å². The molecule has 9 rings (SSSR count). The normalized spacial score (nSPS) is 11.8. The maximum absolute atomic E-state index is 2.45. The van der Waals surface area contributed by atoms with Crippen molar-refractivity contribution in [2.45, 2.75) is 0 Å². The highest BCUT2D eigenvalue weighted by molar-refractivity contribution is 6.33. The van der Waals surface area contributed by atoms with Crippen molar-refractivity contribution in [3.63, 3.8) is 0 Å². The summed E-state index contributed by atoms with van der Waals surface area (Å²) in [4.78, 5) is 0. The van der Waals surface area contributed by atoms with E-state index in [1.807, 2.05) is 0 Å². The van der Waals surface area contributed by atoms with Crippen molar-refractivity contribution in [3.8, 4) is 22.3 Å². The Morgan fingerprint density at radius 3 is 1.24 bits per heavy atom. The lowest BCUT2D eigenvalue weighted by atomic mass is 9.85. The van der Waals surface area contributed by atoms with Gasteiger partial charge in [-0.15, -0.1) is 0 Å². The number of hydrogen-bond donors (Lipinski definition) is 0. The zero-order valence-electron chi connectivity index (χ0n) is 23.0. The van der Waals surface area contributed by atoms with E-state index in [1.165, 1.54) is 86.9 Å². The summed E-state index contributed by atoms with van der Waals surface area (Å²) in [5.74, 6) is 0. The molecule has 0 heteroatoms. The van der Waals surface area contributed by atoms with Crippen LogP contribution >= 0.6 is 0 Å². The van der Waals surface area contributed by atoms with Gasteiger partial charge in [0.05, 0.1) is 0 Å². The first-order valence-electron chi connectivity index (χ1n) is 14.6. The van der Waals surface area contributed by atoms with Gasteiger partial charge >= 0.3 is 0 Å². The van der Waals surface area contributed by atoms with E-state index in [0.29, 0.717) is 0 Å². The third-order valence-electron chi connectivity index (χ3n) is 9.04. The van der Waals surface area contributed by atoms with Crippen molar-refractivity contribution < 1.29 is 0 Å². The highest BCUT2D eigenvalue weighted by Gasteiger charge is 2.17. The Balaban J connectivity index is 1.42. The topological polar surface area (TPSA) is 0 Å². The fraction of sp³-hybridized carbons (Fsp3) is 0. The van der Waals surface area contributed by atoms with E-state index in [0.717, 1.165) is 0 Å². The van der Waals surface area contributed by atoms with Gasteiger partial charge in [-0.3, -0.25) is 0 Å². The maximum atomic E-state index is 2.45. The molecule has 0 heterocycles. The minimum absolute atomic E-state index is 1.27. The molecule has 0 aromatic heterocycles. The molecule has 0 fully saturated rings. The molecule has 0 saturated carbocycles. The SMILES string of the molecule is c1ccc2c(-c3ccc(-c4cc5c6ccccc6c6ccccc6c5c5ccccc45)c4ccccc34)cccc2c1. The Labute approximate surface area is 244 Å². The second kappa shape index (κ2) is 9.03. The van der Waals surface area contributed by atoms with Crippen LogP contribution in [-0.2, 0) is 0 Å². The van der Waals surface area contributed by atoms with Crippen molar-refractivity contribution in [3.05, 3.63) is 158 Å². The van der Waals surface area contributed by atoms with E-state index < -0.39 is 0 Å². The second-order valence-electron chi connectivity index (χ2n) is 11.2. The molecule has 0 N–H and O–H groups in total. The third-order valence-corrected chi connectivity index (χ3v) is 9.04. The van der Waals surface area contributed by atoms with Crippen LogP contribution in [0.4, 0.5) is 0 Å². The predicted octanol–water partition coefficient (Wildman–Crippen LogP) is 11.9. The summed E-state index contributed by atoms with van der Waals surface area (Å²) in [7, 11) is 0. The average Bonchev–Trinajstić information content (AvgIpc) is 3.07. The van der Waals surface area contributed by atoms with E-state index >= 15 is 0 Å². The first-order valence-corrected chi connectivity index (χ1v) is 14.6. The molecule has 0 saturated heterocycles.